The molecule has 1 saturated heterocycles. The molecule has 0 bridgehead atoms. The standard InChI is InChI=1S/C44H56N2O7/c1-29-38(40(46-22-20-44(6,7)21-23-46)39(30(2)45-29)41(42(47)48)53-43(3,4)5)33-16-17-36(51-24-18-31-12-10-14-34(26-31)49-8)37(28-33)52-25-19-32-13-11-15-35(27-32)50-9/h10-17,26-28,41H,18-25H2,1-9H3,(H,47,48). The van der Waals surface area contributed by atoms with Crippen molar-refractivity contribution in [1.82, 2.24) is 4.98 Å². The van der Waals surface area contributed by atoms with Gasteiger partial charge in [0.05, 0.1) is 38.7 Å². The summed E-state index contributed by atoms with van der Waals surface area (Å²) in [6.45, 7) is 16.5. The lowest BCUT2D eigenvalue weighted by Gasteiger charge is -2.41. The maximum atomic E-state index is 13.0. The first kappa shape index (κ1) is 39.4. The zero-order valence-electron chi connectivity index (χ0n) is 32.9. The molecule has 1 fully saturated rings. The number of pyridine rings is 1. The van der Waals surface area contributed by atoms with Gasteiger partial charge in [0.1, 0.15) is 11.5 Å². The third-order valence-electron chi connectivity index (χ3n) is 9.77. The van der Waals surface area contributed by atoms with Crippen molar-refractivity contribution in [2.75, 3.05) is 45.4 Å². The molecule has 53 heavy (non-hydrogen) atoms. The number of benzene rings is 3. The van der Waals surface area contributed by atoms with Crippen molar-refractivity contribution in [3.63, 3.8) is 0 Å². The van der Waals surface area contributed by atoms with Crippen LogP contribution < -0.4 is 23.8 Å². The lowest BCUT2D eigenvalue weighted by molar-refractivity contribution is -0.160. The number of carboxylic acids is 1. The molecule has 0 amide bonds. The number of nitrogens with zero attached hydrogens (tertiary/aromatic N) is 2. The fraction of sp³-hybridized carbons (Fsp3) is 0.455. The van der Waals surface area contributed by atoms with E-state index in [9.17, 15) is 9.90 Å². The van der Waals surface area contributed by atoms with Crippen molar-refractivity contribution in [3.05, 3.63) is 94.8 Å². The Bertz CT molecular complexity index is 1870. The minimum Gasteiger partial charge on any atom is -0.497 e. The second-order valence-corrected chi connectivity index (χ2v) is 15.6. The van der Waals surface area contributed by atoms with E-state index in [1.54, 1.807) is 14.2 Å². The number of hydrogen-bond donors (Lipinski definition) is 1. The number of rotatable bonds is 15. The van der Waals surface area contributed by atoms with Gasteiger partial charge in [0.2, 0.25) is 0 Å². The van der Waals surface area contributed by atoms with Crippen LogP contribution in [-0.4, -0.2) is 62.2 Å². The van der Waals surface area contributed by atoms with Crippen LogP contribution in [0.4, 0.5) is 5.69 Å². The van der Waals surface area contributed by atoms with Gasteiger partial charge < -0.3 is 33.7 Å². The summed E-state index contributed by atoms with van der Waals surface area (Å²) in [5.74, 6) is 1.79. The van der Waals surface area contributed by atoms with Crippen LogP contribution in [0.15, 0.2) is 66.7 Å². The predicted octanol–water partition coefficient (Wildman–Crippen LogP) is 9.19. The highest BCUT2D eigenvalue weighted by atomic mass is 16.5. The number of aryl methyl sites for hydroxylation is 2. The van der Waals surface area contributed by atoms with E-state index in [0.29, 0.717) is 48.8 Å². The van der Waals surface area contributed by atoms with Gasteiger partial charge in [-0.05, 0) is 106 Å². The van der Waals surface area contributed by atoms with Crippen molar-refractivity contribution in [3.8, 4) is 34.1 Å². The predicted molar refractivity (Wildman–Crippen MR) is 210 cm³/mol. The molecule has 1 N–H and O–H groups in total. The molecule has 0 radical (unpaired) electrons. The number of methoxy groups -OCH3 is 2. The molecule has 5 rings (SSSR count). The molecule has 0 spiro atoms. The summed E-state index contributed by atoms with van der Waals surface area (Å²) in [7, 11) is 3.33. The Morgan fingerprint density at radius 1 is 0.830 bits per heavy atom. The summed E-state index contributed by atoms with van der Waals surface area (Å²) in [6.07, 6.45) is 2.10. The summed E-state index contributed by atoms with van der Waals surface area (Å²) in [6, 6.07) is 21.9. The quantitative estimate of drug-likeness (QED) is 0.129. The Morgan fingerprint density at radius 3 is 1.92 bits per heavy atom. The number of carbonyl (C=O) groups is 1. The van der Waals surface area contributed by atoms with Gasteiger partial charge >= 0.3 is 5.97 Å². The van der Waals surface area contributed by atoms with E-state index in [2.05, 4.69) is 30.9 Å². The topological polar surface area (TPSA) is 99.6 Å². The van der Waals surface area contributed by atoms with E-state index in [1.165, 1.54) is 0 Å². The average molecular weight is 725 g/mol. The highest BCUT2D eigenvalue weighted by molar-refractivity contribution is 5.88. The first-order valence-corrected chi connectivity index (χ1v) is 18.5. The van der Waals surface area contributed by atoms with Gasteiger partial charge in [0, 0.05) is 48.4 Å². The van der Waals surface area contributed by atoms with Gasteiger partial charge in [-0.1, -0.05) is 44.2 Å². The van der Waals surface area contributed by atoms with Gasteiger partial charge in [-0.25, -0.2) is 4.79 Å². The van der Waals surface area contributed by atoms with Crippen molar-refractivity contribution in [2.45, 2.75) is 85.9 Å². The normalized spacial score (nSPS) is 14.8. The lowest BCUT2D eigenvalue weighted by atomic mass is 9.81. The van der Waals surface area contributed by atoms with Crippen molar-refractivity contribution < 1.29 is 33.6 Å². The van der Waals surface area contributed by atoms with Crippen molar-refractivity contribution in [1.29, 1.82) is 0 Å². The molecule has 4 aromatic rings. The SMILES string of the molecule is COc1cccc(CCOc2ccc(-c3c(C)nc(C)c(C(OC(C)(C)C)C(=O)O)c3N3CCC(C)(C)CC3)cc2OCCc2cccc(OC)c2)c1. The number of carboxylic acid groups (broad SMARTS) is 1. The molecular weight excluding hydrogens is 668 g/mol. The van der Waals surface area contributed by atoms with Crippen LogP contribution in [0.3, 0.4) is 0 Å². The van der Waals surface area contributed by atoms with Crippen LogP contribution in [0.5, 0.6) is 23.0 Å². The minimum absolute atomic E-state index is 0.190. The molecular formula is C44H56N2O7. The Hall–Kier alpha value is -4.76. The van der Waals surface area contributed by atoms with E-state index in [0.717, 1.165) is 71.1 Å². The Labute approximate surface area is 315 Å². The second kappa shape index (κ2) is 16.9. The average Bonchev–Trinajstić information content (AvgIpc) is 3.11. The summed E-state index contributed by atoms with van der Waals surface area (Å²) >= 11 is 0. The van der Waals surface area contributed by atoms with Crippen LogP contribution in [0.2, 0.25) is 0 Å². The molecule has 1 aliphatic heterocycles. The first-order chi connectivity index (χ1) is 25.2. The molecule has 3 aromatic carbocycles. The molecule has 1 atom stereocenters. The van der Waals surface area contributed by atoms with E-state index in [1.807, 2.05) is 89.2 Å². The second-order valence-electron chi connectivity index (χ2n) is 15.6. The maximum absolute atomic E-state index is 13.0. The number of aromatic nitrogens is 1. The third kappa shape index (κ3) is 10.2. The molecule has 2 heterocycles. The number of piperidine rings is 1. The highest BCUT2D eigenvalue weighted by Gasteiger charge is 2.36. The molecule has 1 unspecified atom stereocenters. The molecule has 1 aliphatic rings. The number of aliphatic carboxylic acids is 1. The first-order valence-electron chi connectivity index (χ1n) is 18.5. The molecule has 0 saturated carbocycles. The van der Waals surface area contributed by atoms with Gasteiger partial charge in [0.15, 0.2) is 17.6 Å². The molecule has 0 aliphatic carbocycles. The zero-order valence-corrected chi connectivity index (χ0v) is 32.9. The summed E-state index contributed by atoms with van der Waals surface area (Å²) in [5.41, 5.74) is 6.33. The molecule has 1 aromatic heterocycles. The minimum atomic E-state index is -1.20. The van der Waals surface area contributed by atoms with Gasteiger partial charge in [0.25, 0.3) is 0 Å². The summed E-state index contributed by atoms with van der Waals surface area (Å²) < 4.78 is 30.1. The van der Waals surface area contributed by atoms with Crippen LogP contribution in [0.25, 0.3) is 11.1 Å². The fourth-order valence-electron chi connectivity index (χ4n) is 6.86. The van der Waals surface area contributed by atoms with Gasteiger partial charge in [-0.15, -0.1) is 0 Å². The highest BCUT2D eigenvalue weighted by Crippen LogP contribution is 2.46. The van der Waals surface area contributed by atoms with Crippen molar-refractivity contribution in [2.24, 2.45) is 5.41 Å². The van der Waals surface area contributed by atoms with E-state index in [-0.39, 0.29) is 5.41 Å². The van der Waals surface area contributed by atoms with Crippen LogP contribution in [-0.2, 0) is 22.4 Å². The van der Waals surface area contributed by atoms with Gasteiger partial charge in [-0.2, -0.15) is 0 Å². The summed E-state index contributed by atoms with van der Waals surface area (Å²) in [5, 5.41) is 10.6. The van der Waals surface area contributed by atoms with E-state index in [4.69, 9.17) is 28.7 Å². The fourth-order valence-corrected chi connectivity index (χ4v) is 6.86. The maximum Gasteiger partial charge on any atom is 0.337 e. The molecule has 9 heteroatoms. The number of ether oxygens (including phenoxy) is 5. The van der Waals surface area contributed by atoms with Crippen LogP contribution in [0, 0.1) is 19.3 Å². The van der Waals surface area contributed by atoms with E-state index < -0.39 is 17.7 Å². The van der Waals surface area contributed by atoms with Crippen LogP contribution >= 0.6 is 0 Å². The molecule has 284 valence electrons. The summed E-state index contributed by atoms with van der Waals surface area (Å²) in [4.78, 5) is 20.3. The largest absolute Gasteiger partial charge is 0.497 e. The third-order valence-corrected chi connectivity index (χ3v) is 9.77. The smallest absolute Gasteiger partial charge is 0.337 e. The van der Waals surface area contributed by atoms with E-state index >= 15 is 0 Å². The van der Waals surface area contributed by atoms with Crippen LogP contribution in [0.1, 0.15) is 81.6 Å². The Balaban J connectivity index is 1.58. The van der Waals surface area contributed by atoms with Gasteiger partial charge in [-0.3, -0.25) is 4.98 Å². The Kier molecular flexibility index (Phi) is 12.6. The van der Waals surface area contributed by atoms with Crippen molar-refractivity contribution >= 4 is 11.7 Å². The Morgan fingerprint density at radius 2 is 1.40 bits per heavy atom. The number of anilines is 1. The number of hydrogen-bond acceptors (Lipinski definition) is 8. The molecule has 9 nitrogen and oxygen atoms in total. The monoisotopic (exact) mass is 724 g/mol. The zero-order chi connectivity index (χ0) is 38.3. The lowest BCUT2D eigenvalue weighted by Crippen LogP contribution is -2.39.